The second-order valence-corrected chi connectivity index (χ2v) is 3.12. The van der Waals surface area contributed by atoms with E-state index in [1.807, 2.05) is 5.38 Å². The molecule has 0 saturated carbocycles. The van der Waals surface area contributed by atoms with Gasteiger partial charge in [0.15, 0.2) is 0 Å². The Morgan fingerprint density at radius 1 is 1.58 bits per heavy atom. The van der Waals surface area contributed by atoms with Crippen molar-refractivity contribution in [1.82, 2.24) is 9.97 Å². The van der Waals surface area contributed by atoms with Gasteiger partial charge < -0.3 is 5.11 Å². The fourth-order valence-electron chi connectivity index (χ4n) is 0.869. The van der Waals surface area contributed by atoms with Crippen molar-refractivity contribution in [3.8, 4) is 0 Å². The van der Waals surface area contributed by atoms with Crippen molar-refractivity contribution < 1.29 is 9.90 Å². The highest BCUT2D eigenvalue weighted by Crippen LogP contribution is 2.16. The zero-order chi connectivity index (χ0) is 8.55. The number of carboxylic acids is 1. The highest BCUT2D eigenvalue weighted by molar-refractivity contribution is 7.17. The normalized spacial score (nSPS) is 10.3. The average molecular weight is 180 g/mol. The molecule has 0 aliphatic heterocycles. The predicted molar refractivity (Wildman–Crippen MR) is 44.4 cm³/mol. The lowest BCUT2D eigenvalue weighted by Crippen LogP contribution is -2.02. The summed E-state index contributed by atoms with van der Waals surface area (Å²) in [5.41, 5.74) is 0.687. The molecule has 0 atom stereocenters. The topological polar surface area (TPSA) is 63.1 Å². The highest BCUT2D eigenvalue weighted by atomic mass is 32.1. The van der Waals surface area contributed by atoms with Crippen LogP contribution in [0.2, 0.25) is 0 Å². The summed E-state index contributed by atoms with van der Waals surface area (Å²) in [6, 6.07) is 1.77. The van der Waals surface area contributed by atoms with E-state index in [4.69, 9.17) is 5.11 Å². The molecule has 2 heterocycles. The monoisotopic (exact) mass is 180 g/mol. The molecule has 60 valence electrons. The molecular weight excluding hydrogens is 176 g/mol. The molecule has 0 spiro atoms. The van der Waals surface area contributed by atoms with E-state index in [-0.39, 0.29) is 5.82 Å². The van der Waals surface area contributed by atoms with Gasteiger partial charge in [0.1, 0.15) is 0 Å². The first-order valence-electron chi connectivity index (χ1n) is 3.21. The van der Waals surface area contributed by atoms with Crippen molar-refractivity contribution in [3.63, 3.8) is 0 Å². The molecule has 0 bridgehead atoms. The van der Waals surface area contributed by atoms with Crippen molar-refractivity contribution in [2.75, 3.05) is 0 Å². The Morgan fingerprint density at radius 3 is 3.17 bits per heavy atom. The van der Waals surface area contributed by atoms with Crippen LogP contribution in [0.1, 0.15) is 10.6 Å². The van der Waals surface area contributed by atoms with Crippen molar-refractivity contribution >= 4 is 27.5 Å². The Bertz CT molecular complexity index is 438. The SMILES string of the molecule is O=C(O)c1ncc2sccc2n1. The number of carbonyl (C=O) groups is 1. The van der Waals surface area contributed by atoms with Crippen LogP contribution in [0.3, 0.4) is 0 Å². The number of fused-ring (bicyclic) bond motifs is 1. The van der Waals surface area contributed by atoms with Crippen LogP contribution < -0.4 is 0 Å². The Balaban J connectivity index is 2.68. The molecule has 2 rings (SSSR count). The molecule has 4 nitrogen and oxygen atoms in total. The van der Waals surface area contributed by atoms with Gasteiger partial charge in [0.25, 0.3) is 0 Å². The van der Waals surface area contributed by atoms with Crippen LogP contribution in [0.4, 0.5) is 0 Å². The maximum atomic E-state index is 10.4. The van der Waals surface area contributed by atoms with Crippen LogP contribution in [-0.4, -0.2) is 21.0 Å². The summed E-state index contributed by atoms with van der Waals surface area (Å²) in [5.74, 6) is -1.25. The first-order valence-corrected chi connectivity index (χ1v) is 4.09. The number of aromatic carboxylic acids is 1. The number of rotatable bonds is 1. The van der Waals surface area contributed by atoms with E-state index in [2.05, 4.69) is 9.97 Å². The maximum absolute atomic E-state index is 10.4. The zero-order valence-electron chi connectivity index (χ0n) is 5.89. The van der Waals surface area contributed by atoms with Crippen LogP contribution >= 0.6 is 11.3 Å². The van der Waals surface area contributed by atoms with Gasteiger partial charge in [-0.3, -0.25) is 0 Å². The van der Waals surface area contributed by atoms with Crippen molar-refractivity contribution in [1.29, 1.82) is 0 Å². The van der Waals surface area contributed by atoms with Gasteiger partial charge in [-0.25, -0.2) is 14.8 Å². The lowest BCUT2D eigenvalue weighted by atomic mass is 10.4. The fourth-order valence-corrected chi connectivity index (χ4v) is 1.56. The second-order valence-electron chi connectivity index (χ2n) is 2.17. The molecule has 2 aromatic rings. The number of thiophene rings is 1. The van der Waals surface area contributed by atoms with E-state index in [1.54, 1.807) is 6.07 Å². The van der Waals surface area contributed by atoms with Gasteiger partial charge >= 0.3 is 5.97 Å². The summed E-state index contributed by atoms with van der Waals surface area (Å²) in [4.78, 5) is 18.0. The molecule has 2 aromatic heterocycles. The summed E-state index contributed by atoms with van der Waals surface area (Å²) in [6.45, 7) is 0. The van der Waals surface area contributed by atoms with E-state index >= 15 is 0 Å². The van der Waals surface area contributed by atoms with Gasteiger partial charge in [-0.2, -0.15) is 0 Å². The fraction of sp³-hybridized carbons (Fsp3) is 0. The van der Waals surface area contributed by atoms with Crippen LogP contribution in [0.25, 0.3) is 10.2 Å². The molecule has 5 heteroatoms. The van der Waals surface area contributed by atoms with Gasteiger partial charge in [-0.15, -0.1) is 11.3 Å². The van der Waals surface area contributed by atoms with Gasteiger partial charge in [-0.05, 0) is 11.4 Å². The number of aromatic nitrogens is 2. The molecule has 1 N–H and O–H groups in total. The van der Waals surface area contributed by atoms with Crippen LogP contribution in [-0.2, 0) is 0 Å². The van der Waals surface area contributed by atoms with E-state index < -0.39 is 5.97 Å². The Hall–Kier alpha value is -1.49. The minimum atomic E-state index is -1.09. The molecule has 0 radical (unpaired) electrons. The standard InChI is InChI=1S/C7H4N2O2S/c10-7(11)6-8-3-5-4(9-6)1-2-12-5/h1-3H,(H,10,11). The van der Waals surface area contributed by atoms with E-state index in [9.17, 15) is 4.79 Å². The lowest BCUT2D eigenvalue weighted by Gasteiger charge is -1.91. The second kappa shape index (κ2) is 2.53. The Labute approximate surface area is 71.5 Å². The molecule has 0 saturated heterocycles. The van der Waals surface area contributed by atoms with Crippen LogP contribution in [0.5, 0.6) is 0 Å². The van der Waals surface area contributed by atoms with Crippen LogP contribution in [0.15, 0.2) is 17.6 Å². The summed E-state index contributed by atoms with van der Waals surface area (Å²) in [5, 5.41) is 10.4. The van der Waals surface area contributed by atoms with Gasteiger partial charge in [0.2, 0.25) is 5.82 Å². The summed E-state index contributed by atoms with van der Waals surface area (Å²) >= 11 is 1.49. The molecule has 0 amide bonds. The number of nitrogens with zero attached hydrogens (tertiary/aromatic N) is 2. The predicted octanol–water partition coefficient (Wildman–Crippen LogP) is 1.39. The minimum Gasteiger partial charge on any atom is -0.475 e. The molecule has 12 heavy (non-hydrogen) atoms. The smallest absolute Gasteiger partial charge is 0.373 e. The van der Waals surface area contributed by atoms with E-state index in [0.29, 0.717) is 5.52 Å². The average Bonchev–Trinajstić information content (AvgIpc) is 2.49. The summed E-state index contributed by atoms with van der Waals surface area (Å²) in [7, 11) is 0. The molecule has 0 aliphatic carbocycles. The van der Waals surface area contributed by atoms with Gasteiger partial charge in [0, 0.05) is 6.20 Å². The zero-order valence-corrected chi connectivity index (χ0v) is 6.71. The summed E-state index contributed by atoms with van der Waals surface area (Å²) in [6.07, 6.45) is 1.52. The molecule has 0 unspecified atom stereocenters. The van der Waals surface area contributed by atoms with Crippen molar-refractivity contribution in [2.45, 2.75) is 0 Å². The van der Waals surface area contributed by atoms with E-state index in [0.717, 1.165) is 4.70 Å². The van der Waals surface area contributed by atoms with Gasteiger partial charge in [-0.1, -0.05) is 0 Å². The molecule has 0 aliphatic rings. The number of hydrogen-bond donors (Lipinski definition) is 1. The molecular formula is C7H4N2O2S. The minimum absolute atomic E-state index is 0.152. The largest absolute Gasteiger partial charge is 0.475 e. The maximum Gasteiger partial charge on any atom is 0.373 e. The molecule has 0 fully saturated rings. The third kappa shape index (κ3) is 1.04. The highest BCUT2D eigenvalue weighted by Gasteiger charge is 2.06. The summed E-state index contributed by atoms with van der Waals surface area (Å²) < 4.78 is 0.903. The third-order valence-corrected chi connectivity index (χ3v) is 2.24. The van der Waals surface area contributed by atoms with E-state index in [1.165, 1.54) is 17.5 Å². The Morgan fingerprint density at radius 2 is 2.42 bits per heavy atom. The van der Waals surface area contributed by atoms with Gasteiger partial charge in [0.05, 0.1) is 10.2 Å². The first kappa shape index (κ1) is 7.17. The lowest BCUT2D eigenvalue weighted by molar-refractivity contribution is 0.0684. The first-order chi connectivity index (χ1) is 5.77. The quantitative estimate of drug-likeness (QED) is 0.720. The third-order valence-electron chi connectivity index (χ3n) is 1.40. The Kier molecular flexibility index (Phi) is 1.51. The number of carboxylic acid groups (broad SMARTS) is 1. The molecule has 0 aromatic carbocycles. The van der Waals surface area contributed by atoms with Crippen molar-refractivity contribution in [2.24, 2.45) is 0 Å². The van der Waals surface area contributed by atoms with Crippen LogP contribution in [0, 0.1) is 0 Å². The van der Waals surface area contributed by atoms with Crippen molar-refractivity contribution in [3.05, 3.63) is 23.5 Å². The number of hydrogen-bond acceptors (Lipinski definition) is 4.